The third-order valence-electron chi connectivity index (χ3n) is 2.51. The van der Waals surface area contributed by atoms with E-state index in [0.717, 1.165) is 12.2 Å². The number of nitrogens with zero attached hydrogens (tertiary/aromatic N) is 3. The van der Waals surface area contributed by atoms with Crippen LogP contribution in [0, 0.1) is 11.3 Å². The second-order valence-electron chi connectivity index (χ2n) is 4.19. The van der Waals surface area contributed by atoms with E-state index in [0.29, 0.717) is 6.42 Å². The van der Waals surface area contributed by atoms with Crippen LogP contribution < -0.4 is 5.73 Å². The minimum Gasteiger partial charge on any atom is -0.332 e. The first-order chi connectivity index (χ1) is 7.00. The van der Waals surface area contributed by atoms with Crippen LogP contribution in [0.5, 0.6) is 0 Å². The summed E-state index contributed by atoms with van der Waals surface area (Å²) in [5.41, 5.74) is 5.05. The maximum atomic E-state index is 8.87. The van der Waals surface area contributed by atoms with Crippen LogP contribution in [0.25, 0.3) is 0 Å². The fraction of sp³-hybridized carbons (Fsp3) is 0.636. The van der Waals surface area contributed by atoms with Gasteiger partial charge in [-0.25, -0.2) is 4.98 Å². The molecule has 4 heteroatoms. The van der Waals surface area contributed by atoms with Crippen molar-refractivity contribution in [3.63, 3.8) is 0 Å². The fourth-order valence-electron chi connectivity index (χ4n) is 1.78. The van der Waals surface area contributed by atoms with Gasteiger partial charge in [0.2, 0.25) is 0 Å². The van der Waals surface area contributed by atoms with Crippen molar-refractivity contribution in [3.05, 3.63) is 18.2 Å². The number of hydrogen-bond acceptors (Lipinski definition) is 3. The Labute approximate surface area is 90.7 Å². The van der Waals surface area contributed by atoms with Crippen molar-refractivity contribution in [1.29, 1.82) is 5.26 Å². The van der Waals surface area contributed by atoms with Crippen LogP contribution in [0.1, 0.15) is 39.1 Å². The Hall–Kier alpha value is -1.34. The maximum absolute atomic E-state index is 8.87. The zero-order valence-corrected chi connectivity index (χ0v) is 9.57. The minimum atomic E-state index is -0.769. The van der Waals surface area contributed by atoms with Crippen LogP contribution in [-0.4, -0.2) is 15.1 Å². The smallest absolute Gasteiger partial charge is 0.108 e. The van der Waals surface area contributed by atoms with Gasteiger partial charge in [0, 0.05) is 24.9 Å². The first-order valence-corrected chi connectivity index (χ1v) is 5.22. The molecule has 0 fully saturated rings. The van der Waals surface area contributed by atoms with E-state index in [2.05, 4.69) is 29.5 Å². The quantitative estimate of drug-likeness (QED) is 0.814. The minimum absolute atomic E-state index is 0.206. The predicted octanol–water partition coefficient (Wildman–Crippen LogP) is 1.64. The summed E-state index contributed by atoms with van der Waals surface area (Å²) in [6.45, 7) is 5.88. The second-order valence-corrected chi connectivity index (χ2v) is 4.19. The van der Waals surface area contributed by atoms with Gasteiger partial charge in [-0.15, -0.1) is 0 Å². The van der Waals surface area contributed by atoms with E-state index in [1.54, 1.807) is 13.1 Å². The average molecular weight is 206 g/mol. The van der Waals surface area contributed by atoms with Gasteiger partial charge in [-0.1, -0.05) is 6.92 Å². The molecule has 0 radical (unpaired) electrons. The Morgan fingerprint density at radius 2 is 2.40 bits per heavy atom. The topological polar surface area (TPSA) is 67.6 Å². The van der Waals surface area contributed by atoms with Gasteiger partial charge in [-0.05, 0) is 20.3 Å². The molecule has 2 N–H and O–H groups in total. The lowest BCUT2D eigenvalue weighted by molar-refractivity contribution is 0.405. The van der Waals surface area contributed by atoms with Gasteiger partial charge >= 0.3 is 0 Å². The summed E-state index contributed by atoms with van der Waals surface area (Å²) >= 11 is 0. The summed E-state index contributed by atoms with van der Waals surface area (Å²) < 4.78 is 2.09. The van der Waals surface area contributed by atoms with Gasteiger partial charge in [0.05, 0.1) is 6.07 Å². The molecule has 0 aromatic carbocycles. The van der Waals surface area contributed by atoms with Gasteiger partial charge in [0.15, 0.2) is 0 Å². The largest absolute Gasteiger partial charge is 0.332 e. The summed E-state index contributed by atoms with van der Waals surface area (Å²) in [4.78, 5) is 4.25. The maximum Gasteiger partial charge on any atom is 0.108 e. The fourth-order valence-corrected chi connectivity index (χ4v) is 1.78. The standard InChI is InChI=1S/C11H18N4/c1-4-10-14-5-6-15(10)9(2)7-11(3,13)8-12/h5-6,9H,4,7,13H2,1-3H3. The van der Waals surface area contributed by atoms with Crippen molar-refractivity contribution in [2.45, 2.75) is 45.2 Å². The lowest BCUT2D eigenvalue weighted by atomic mass is 9.96. The van der Waals surface area contributed by atoms with E-state index in [9.17, 15) is 0 Å². The third kappa shape index (κ3) is 2.80. The number of rotatable bonds is 4. The molecule has 2 atom stereocenters. The highest BCUT2D eigenvalue weighted by Crippen LogP contribution is 2.19. The Bertz CT molecular complexity index is 359. The number of nitrogens with two attached hydrogens (primary N) is 1. The number of aryl methyl sites for hydroxylation is 1. The summed E-state index contributed by atoms with van der Waals surface area (Å²) in [5.74, 6) is 1.04. The molecule has 0 aliphatic carbocycles. The van der Waals surface area contributed by atoms with Crippen molar-refractivity contribution < 1.29 is 0 Å². The summed E-state index contributed by atoms with van der Waals surface area (Å²) in [6, 6.07) is 2.32. The van der Waals surface area contributed by atoms with Crippen LogP contribution in [-0.2, 0) is 6.42 Å². The van der Waals surface area contributed by atoms with Crippen LogP contribution in [0.2, 0.25) is 0 Å². The Balaban J connectivity index is 2.78. The summed E-state index contributed by atoms with van der Waals surface area (Å²) in [7, 11) is 0. The molecule has 0 bridgehead atoms. The molecule has 0 amide bonds. The highest BCUT2D eigenvalue weighted by molar-refractivity contribution is 5.04. The Kier molecular flexibility index (Phi) is 3.48. The molecule has 0 aliphatic rings. The SMILES string of the molecule is CCc1nccn1C(C)CC(C)(N)C#N. The van der Waals surface area contributed by atoms with Gasteiger partial charge in [-0.2, -0.15) is 5.26 Å². The first-order valence-electron chi connectivity index (χ1n) is 5.22. The molecular formula is C11H18N4. The third-order valence-corrected chi connectivity index (χ3v) is 2.51. The molecule has 0 aliphatic heterocycles. The second kappa shape index (κ2) is 4.45. The zero-order chi connectivity index (χ0) is 11.5. The molecule has 15 heavy (non-hydrogen) atoms. The normalized spacial score (nSPS) is 16.7. The van der Waals surface area contributed by atoms with Crippen LogP contribution in [0.4, 0.5) is 0 Å². The molecule has 1 rings (SSSR count). The first kappa shape index (κ1) is 11.7. The van der Waals surface area contributed by atoms with Crippen LogP contribution >= 0.6 is 0 Å². The van der Waals surface area contributed by atoms with Crippen molar-refractivity contribution in [2.75, 3.05) is 0 Å². The molecule has 0 spiro atoms. The van der Waals surface area contributed by atoms with Gasteiger partial charge in [0.1, 0.15) is 11.4 Å². The van der Waals surface area contributed by atoms with E-state index >= 15 is 0 Å². The molecule has 0 saturated carbocycles. The predicted molar refractivity (Wildman–Crippen MR) is 59.1 cm³/mol. The van der Waals surface area contributed by atoms with Crippen LogP contribution in [0.15, 0.2) is 12.4 Å². The van der Waals surface area contributed by atoms with E-state index in [1.807, 2.05) is 6.20 Å². The van der Waals surface area contributed by atoms with E-state index < -0.39 is 5.54 Å². The van der Waals surface area contributed by atoms with E-state index in [4.69, 9.17) is 11.0 Å². The number of nitriles is 1. The van der Waals surface area contributed by atoms with Crippen LogP contribution in [0.3, 0.4) is 0 Å². The van der Waals surface area contributed by atoms with E-state index in [1.165, 1.54) is 0 Å². The molecular weight excluding hydrogens is 188 g/mol. The number of aromatic nitrogens is 2. The Morgan fingerprint density at radius 1 is 1.73 bits per heavy atom. The Morgan fingerprint density at radius 3 is 2.93 bits per heavy atom. The van der Waals surface area contributed by atoms with Crippen molar-refractivity contribution in [1.82, 2.24) is 9.55 Å². The highest BCUT2D eigenvalue weighted by atomic mass is 15.1. The monoisotopic (exact) mass is 206 g/mol. The summed E-state index contributed by atoms with van der Waals surface area (Å²) in [6.07, 6.45) is 5.25. The lowest BCUT2D eigenvalue weighted by Gasteiger charge is -2.22. The zero-order valence-electron chi connectivity index (χ0n) is 9.57. The van der Waals surface area contributed by atoms with Crippen molar-refractivity contribution >= 4 is 0 Å². The molecule has 1 aromatic rings. The van der Waals surface area contributed by atoms with E-state index in [-0.39, 0.29) is 6.04 Å². The number of imidazole rings is 1. The average Bonchev–Trinajstić information content (AvgIpc) is 2.64. The van der Waals surface area contributed by atoms with Gasteiger partial charge in [0.25, 0.3) is 0 Å². The molecule has 1 aromatic heterocycles. The van der Waals surface area contributed by atoms with Gasteiger partial charge < -0.3 is 10.3 Å². The number of hydrogen-bond donors (Lipinski definition) is 1. The molecule has 82 valence electrons. The lowest BCUT2D eigenvalue weighted by Crippen LogP contribution is -2.36. The highest BCUT2D eigenvalue weighted by Gasteiger charge is 2.22. The molecule has 2 unspecified atom stereocenters. The van der Waals surface area contributed by atoms with Crippen molar-refractivity contribution in [2.24, 2.45) is 5.73 Å². The van der Waals surface area contributed by atoms with Crippen molar-refractivity contribution in [3.8, 4) is 6.07 Å². The molecule has 0 saturated heterocycles. The van der Waals surface area contributed by atoms with Gasteiger partial charge in [-0.3, -0.25) is 0 Å². The molecule has 1 heterocycles. The molecule has 4 nitrogen and oxygen atoms in total. The summed E-state index contributed by atoms with van der Waals surface area (Å²) in [5, 5.41) is 8.87.